The minimum Gasteiger partial charge on any atom is -0.390 e. The van der Waals surface area contributed by atoms with Crippen molar-refractivity contribution in [1.29, 1.82) is 0 Å². The van der Waals surface area contributed by atoms with E-state index in [0.717, 1.165) is 10.9 Å². The zero-order chi connectivity index (χ0) is 14.1. The molecule has 1 aliphatic carbocycles. The summed E-state index contributed by atoms with van der Waals surface area (Å²) in [5, 5.41) is 0.949. The van der Waals surface area contributed by atoms with Crippen molar-refractivity contribution in [1.82, 2.24) is 0 Å². The van der Waals surface area contributed by atoms with Gasteiger partial charge in [-0.25, -0.2) is 0 Å². The van der Waals surface area contributed by atoms with Crippen LogP contribution in [0.25, 0.3) is 11.1 Å². The lowest BCUT2D eigenvalue weighted by molar-refractivity contribution is 0.443. The van der Waals surface area contributed by atoms with Gasteiger partial charge in [-0.2, -0.15) is 0 Å². The van der Waals surface area contributed by atoms with Gasteiger partial charge in [-0.1, -0.05) is 43.5 Å². The van der Waals surface area contributed by atoms with Crippen LogP contribution in [-0.2, 0) is 0 Å². The predicted octanol–water partition coefficient (Wildman–Crippen LogP) is 5.66. The van der Waals surface area contributed by atoms with Crippen molar-refractivity contribution in [3.05, 3.63) is 40.3 Å². The number of hydrogen-bond acceptors (Lipinski definition) is 2. The maximum Gasteiger partial charge on any atom is 0.0941 e. The highest BCUT2D eigenvalue weighted by Gasteiger charge is 2.16. The van der Waals surface area contributed by atoms with Gasteiger partial charge in [-0.3, -0.25) is 0 Å². The molecule has 0 aliphatic heterocycles. The summed E-state index contributed by atoms with van der Waals surface area (Å²) in [7, 11) is 0. The molecule has 2 N–H and O–H groups in total. The van der Waals surface area contributed by atoms with Crippen LogP contribution in [0.4, 0.5) is 5.00 Å². The molecule has 106 valence electrons. The smallest absolute Gasteiger partial charge is 0.0941 e. The van der Waals surface area contributed by atoms with E-state index in [4.69, 9.17) is 5.73 Å². The molecule has 1 heterocycles. The Labute approximate surface area is 125 Å². The Hall–Kier alpha value is -1.28. The van der Waals surface area contributed by atoms with Crippen LogP contribution >= 0.6 is 11.3 Å². The van der Waals surface area contributed by atoms with Gasteiger partial charge in [-0.15, -0.1) is 11.3 Å². The van der Waals surface area contributed by atoms with Crippen LogP contribution in [0.3, 0.4) is 0 Å². The second-order valence-electron chi connectivity index (χ2n) is 5.98. The fraction of sp³-hybridized carbons (Fsp3) is 0.444. The number of benzene rings is 1. The van der Waals surface area contributed by atoms with Gasteiger partial charge < -0.3 is 5.73 Å². The van der Waals surface area contributed by atoms with Crippen molar-refractivity contribution in [2.45, 2.75) is 51.9 Å². The van der Waals surface area contributed by atoms with E-state index in [9.17, 15) is 0 Å². The van der Waals surface area contributed by atoms with Gasteiger partial charge in [0.1, 0.15) is 0 Å². The monoisotopic (exact) mass is 285 g/mol. The molecule has 1 saturated carbocycles. The molecule has 1 aliphatic rings. The van der Waals surface area contributed by atoms with Gasteiger partial charge in [0.05, 0.1) is 5.00 Å². The average Bonchev–Trinajstić information content (AvgIpc) is 2.73. The second-order valence-corrected chi connectivity index (χ2v) is 7.24. The number of hydrogen-bond donors (Lipinski definition) is 1. The molecule has 1 aromatic carbocycles. The third-order valence-corrected chi connectivity index (χ3v) is 5.72. The topological polar surface area (TPSA) is 26.0 Å². The molecule has 0 bridgehead atoms. The molecule has 0 saturated heterocycles. The average molecular weight is 285 g/mol. The van der Waals surface area contributed by atoms with Crippen molar-refractivity contribution in [3.8, 4) is 11.1 Å². The Morgan fingerprint density at radius 2 is 1.65 bits per heavy atom. The summed E-state index contributed by atoms with van der Waals surface area (Å²) in [6.45, 7) is 4.32. The van der Waals surface area contributed by atoms with Gasteiger partial charge in [0.15, 0.2) is 0 Å². The molecule has 1 aromatic heterocycles. The Morgan fingerprint density at radius 1 is 1.00 bits per heavy atom. The molecule has 20 heavy (non-hydrogen) atoms. The number of rotatable bonds is 2. The van der Waals surface area contributed by atoms with Crippen molar-refractivity contribution in [3.63, 3.8) is 0 Å². The van der Waals surface area contributed by atoms with Crippen molar-refractivity contribution in [2.24, 2.45) is 0 Å². The van der Waals surface area contributed by atoms with E-state index in [-0.39, 0.29) is 0 Å². The molecule has 3 rings (SSSR count). The molecule has 2 aromatic rings. The quantitative estimate of drug-likeness (QED) is 0.756. The molecule has 1 fully saturated rings. The van der Waals surface area contributed by atoms with Crippen LogP contribution in [-0.4, -0.2) is 0 Å². The molecule has 0 radical (unpaired) electrons. The summed E-state index contributed by atoms with van der Waals surface area (Å²) in [5.41, 5.74) is 11.5. The molecule has 0 amide bonds. The Kier molecular flexibility index (Phi) is 3.84. The summed E-state index contributed by atoms with van der Waals surface area (Å²) >= 11 is 1.70. The number of thiophene rings is 1. The zero-order valence-electron chi connectivity index (χ0n) is 12.4. The lowest BCUT2D eigenvalue weighted by Crippen LogP contribution is -2.04. The largest absolute Gasteiger partial charge is 0.390 e. The van der Waals surface area contributed by atoms with E-state index in [0.29, 0.717) is 0 Å². The zero-order valence-corrected chi connectivity index (χ0v) is 13.2. The van der Waals surface area contributed by atoms with Gasteiger partial charge in [0, 0.05) is 10.4 Å². The van der Waals surface area contributed by atoms with E-state index in [2.05, 4.69) is 38.1 Å². The first-order valence-electron chi connectivity index (χ1n) is 7.62. The molecule has 0 unspecified atom stereocenters. The first-order valence-corrected chi connectivity index (χ1v) is 8.44. The lowest BCUT2D eigenvalue weighted by atomic mass is 9.83. The maximum atomic E-state index is 6.17. The molecule has 0 spiro atoms. The summed E-state index contributed by atoms with van der Waals surface area (Å²) in [6.07, 6.45) is 6.92. The minimum atomic E-state index is 0.778. The summed E-state index contributed by atoms with van der Waals surface area (Å²) in [5.74, 6) is 0.778. The minimum absolute atomic E-state index is 0.778. The van der Waals surface area contributed by atoms with Crippen molar-refractivity contribution in [2.75, 3.05) is 5.73 Å². The highest BCUT2D eigenvalue weighted by molar-refractivity contribution is 7.16. The normalized spacial score (nSPS) is 16.5. The van der Waals surface area contributed by atoms with E-state index in [1.54, 1.807) is 11.3 Å². The van der Waals surface area contributed by atoms with E-state index in [1.165, 1.54) is 59.2 Å². The van der Waals surface area contributed by atoms with Crippen LogP contribution in [0.15, 0.2) is 24.3 Å². The maximum absolute atomic E-state index is 6.17. The molecular formula is C18H23NS. The van der Waals surface area contributed by atoms with E-state index >= 15 is 0 Å². The lowest BCUT2D eigenvalue weighted by Gasteiger charge is -2.22. The highest BCUT2D eigenvalue weighted by atomic mass is 32.1. The van der Waals surface area contributed by atoms with Gasteiger partial charge in [0.2, 0.25) is 0 Å². The number of nitrogen functional groups attached to an aromatic ring is 1. The van der Waals surface area contributed by atoms with Crippen LogP contribution in [0.2, 0.25) is 0 Å². The van der Waals surface area contributed by atoms with Crippen LogP contribution in [0.5, 0.6) is 0 Å². The number of nitrogens with two attached hydrogens (primary N) is 1. The molecule has 1 nitrogen and oxygen atoms in total. The molecular weight excluding hydrogens is 262 g/mol. The fourth-order valence-electron chi connectivity index (χ4n) is 3.37. The predicted molar refractivity (Wildman–Crippen MR) is 89.5 cm³/mol. The van der Waals surface area contributed by atoms with E-state index in [1.807, 2.05) is 0 Å². The summed E-state index contributed by atoms with van der Waals surface area (Å²) in [6, 6.07) is 9.15. The fourth-order valence-corrected chi connectivity index (χ4v) is 4.33. The summed E-state index contributed by atoms with van der Waals surface area (Å²) < 4.78 is 0. The third kappa shape index (κ3) is 2.49. The SMILES string of the molecule is Cc1sc(N)c(-c2ccc(C3CCCCC3)cc2)c1C. The Morgan fingerprint density at radius 3 is 2.20 bits per heavy atom. The van der Waals surface area contributed by atoms with Crippen LogP contribution in [0, 0.1) is 13.8 Å². The van der Waals surface area contributed by atoms with Crippen LogP contribution < -0.4 is 5.73 Å². The number of anilines is 1. The highest BCUT2D eigenvalue weighted by Crippen LogP contribution is 2.39. The summed E-state index contributed by atoms with van der Waals surface area (Å²) in [4.78, 5) is 1.33. The Bertz CT molecular complexity index is 589. The second kappa shape index (κ2) is 5.61. The first kappa shape index (κ1) is 13.7. The third-order valence-electron chi connectivity index (χ3n) is 4.69. The van der Waals surface area contributed by atoms with Gasteiger partial charge in [-0.05, 0) is 49.3 Å². The van der Waals surface area contributed by atoms with Crippen molar-refractivity contribution < 1.29 is 0 Å². The van der Waals surface area contributed by atoms with E-state index < -0.39 is 0 Å². The molecule has 0 atom stereocenters. The Balaban J connectivity index is 1.89. The standard InChI is InChI=1S/C18H23NS/c1-12-13(2)20-18(19)17(12)16-10-8-15(9-11-16)14-6-4-3-5-7-14/h8-11,14H,3-7,19H2,1-2H3. The van der Waals surface area contributed by atoms with Gasteiger partial charge in [0.25, 0.3) is 0 Å². The first-order chi connectivity index (χ1) is 9.66. The molecule has 2 heteroatoms. The van der Waals surface area contributed by atoms with Crippen LogP contribution in [0.1, 0.15) is 54.0 Å². The number of aryl methyl sites for hydroxylation is 1. The van der Waals surface area contributed by atoms with Crippen molar-refractivity contribution >= 4 is 16.3 Å². The van der Waals surface area contributed by atoms with Gasteiger partial charge >= 0.3 is 0 Å².